The molecule has 6 rings (SSSR count). The summed E-state index contributed by atoms with van der Waals surface area (Å²) in [5.74, 6) is 0.388. The standard InChI is InChI=1S/C37H39N5O/c1-4-26-23-31(42(3)30-15-9-6-10-16-30)24-34(25(26)2)39-36(43)28-19-21-29(22-20-28)38-37-40-33-18-12-11-17-32(33)35(41-37)27-13-7-5-8-14-27/h5,7-8,11-14,17-24,30H,4,6,9-10,15-16H2,1-3H3,(H,39,43)(H,38,40,41). The van der Waals surface area contributed by atoms with Gasteiger partial charge in [-0.25, -0.2) is 9.97 Å². The molecule has 43 heavy (non-hydrogen) atoms. The van der Waals surface area contributed by atoms with Crippen LogP contribution in [0.2, 0.25) is 0 Å². The van der Waals surface area contributed by atoms with E-state index < -0.39 is 0 Å². The van der Waals surface area contributed by atoms with Gasteiger partial charge in [0, 0.05) is 46.7 Å². The fourth-order valence-electron chi connectivity index (χ4n) is 6.11. The Morgan fingerprint density at radius 2 is 1.60 bits per heavy atom. The molecular weight excluding hydrogens is 530 g/mol. The molecule has 218 valence electrons. The lowest BCUT2D eigenvalue weighted by Gasteiger charge is -2.34. The molecule has 1 fully saturated rings. The molecule has 2 N–H and O–H groups in total. The molecule has 6 nitrogen and oxygen atoms in total. The van der Waals surface area contributed by atoms with E-state index in [1.165, 1.54) is 43.4 Å². The smallest absolute Gasteiger partial charge is 0.255 e. The molecule has 0 unspecified atom stereocenters. The second-order valence-corrected chi connectivity index (χ2v) is 11.5. The minimum atomic E-state index is -0.123. The van der Waals surface area contributed by atoms with E-state index in [0.29, 0.717) is 17.6 Å². The second-order valence-electron chi connectivity index (χ2n) is 11.5. The molecule has 0 spiro atoms. The number of nitrogens with one attached hydrogen (secondary N) is 2. The number of rotatable bonds is 8. The molecule has 4 aromatic carbocycles. The van der Waals surface area contributed by atoms with Crippen LogP contribution in [0.15, 0.2) is 91.0 Å². The van der Waals surface area contributed by atoms with E-state index in [1.807, 2.05) is 66.7 Å². The second kappa shape index (κ2) is 12.7. The fraction of sp³-hybridized carbons (Fsp3) is 0.270. The topological polar surface area (TPSA) is 70.2 Å². The van der Waals surface area contributed by atoms with Gasteiger partial charge in [0.25, 0.3) is 5.91 Å². The Hall–Kier alpha value is -4.71. The number of benzene rings is 4. The third-order valence-electron chi connectivity index (χ3n) is 8.71. The monoisotopic (exact) mass is 569 g/mol. The lowest BCUT2D eigenvalue weighted by Crippen LogP contribution is -2.33. The maximum atomic E-state index is 13.4. The summed E-state index contributed by atoms with van der Waals surface area (Å²) in [6.07, 6.45) is 7.29. The van der Waals surface area contributed by atoms with Gasteiger partial charge >= 0.3 is 0 Å². The predicted octanol–water partition coefficient (Wildman–Crippen LogP) is 8.93. The van der Waals surface area contributed by atoms with Crippen LogP contribution in [0.3, 0.4) is 0 Å². The zero-order valence-corrected chi connectivity index (χ0v) is 25.2. The number of para-hydroxylation sites is 1. The van der Waals surface area contributed by atoms with Crippen LogP contribution in [0.25, 0.3) is 22.2 Å². The lowest BCUT2D eigenvalue weighted by atomic mass is 9.93. The van der Waals surface area contributed by atoms with Gasteiger partial charge in [-0.1, -0.05) is 74.7 Å². The molecule has 0 radical (unpaired) electrons. The Labute approximate surface area is 254 Å². The summed E-state index contributed by atoms with van der Waals surface area (Å²) in [5, 5.41) is 7.54. The number of amides is 1. The maximum Gasteiger partial charge on any atom is 0.255 e. The molecule has 1 aromatic heterocycles. The summed E-state index contributed by atoms with van der Waals surface area (Å²) in [5.41, 5.74) is 8.63. The molecular formula is C37H39N5O. The number of aryl methyl sites for hydroxylation is 1. The Morgan fingerprint density at radius 3 is 2.35 bits per heavy atom. The molecule has 0 atom stereocenters. The number of anilines is 4. The van der Waals surface area contributed by atoms with Crippen molar-refractivity contribution in [1.29, 1.82) is 0 Å². The van der Waals surface area contributed by atoms with E-state index >= 15 is 0 Å². The van der Waals surface area contributed by atoms with Gasteiger partial charge in [-0.15, -0.1) is 0 Å². The van der Waals surface area contributed by atoms with Crippen LogP contribution in [-0.4, -0.2) is 29.0 Å². The van der Waals surface area contributed by atoms with Gasteiger partial charge in [-0.3, -0.25) is 4.79 Å². The number of carbonyl (C=O) groups excluding carboxylic acids is 1. The van der Waals surface area contributed by atoms with Crippen molar-refractivity contribution in [3.8, 4) is 11.3 Å². The summed E-state index contributed by atoms with van der Waals surface area (Å²) in [6, 6.07) is 30.6. The van der Waals surface area contributed by atoms with Gasteiger partial charge in [0.15, 0.2) is 0 Å². The predicted molar refractivity (Wildman–Crippen MR) is 178 cm³/mol. The quantitative estimate of drug-likeness (QED) is 0.195. The molecule has 1 amide bonds. The van der Waals surface area contributed by atoms with Crippen molar-refractivity contribution in [2.24, 2.45) is 0 Å². The summed E-state index contributed by atoms with van der Waals surface area (Å²) in [6.45, 7) is 4.27. The van der Waals surface area contributed by atoms with Crippen LogP contribution < -0.4 is 15.5 Å². The van der Waals surface area contributed by atoms with Gasteiger partial charge in [-0.05, 0) is 79.8 Å². The van der Waals surface area contributed by atoms with Gasteiger partial charge in [0.1, 0.15) is 0 Å². The molecule has 5 aromatic rings. The third-order valence-corrected chi connectivity index (χ3v) is 8.71. The average Bonchev–Trinajstić information content (AvgIpc) is 3.06. The molecule has 1 saturated carbocycles. The number of aromatic nitrogens is 2. The Balaban J connectivity index is 1.21. The number of fused-ring (bicyclic) bond motifs is 1. The zero-order chi connectivity index (χ0) is 29.8. The molecule has 1 heterocycles. The highest BCUT2D eigenvalue weighted by molar-refractivity contribution is 6.05. The Morgan fingerprint density at radius 1 is 0.884 bits per heavy atom. The van der Waals surface area contributed by atoms with E-state index in [1.54, 1.807) is 0 Å². The van der Waals surface area contributed by atoms with Crippen LogP contribution in [0, 0.1) is 6.92 Å². The summed E-state index contributed by atoms with van der Waals surface area (Å²) in [7, 11) is 2.19. The SMILES string of the molecule is CCc1cc(N(C)C2CCCCC2)cc(NC(=O)c2ccc(Nc3nc(-c4ccccc4)c4ccccc4n3)cc2)c1C. The zero-order valence-electron chi connectivity index (χ0n) is 25.2. The number of nitrogens with zero attached hydrogens (tertiary/aromatic N) is 3. The average molecular weight is 570 g/mol. The van der Waals surface area contributed by atoms with Crippen LogP contribution in [-0.2, 0) is 6.42 Å². The summed E-state index contributed by atoms with van der Waals surface area (Å²) < 4.78 is 0. The van der Waals surface area contributed by atoms with Crippen molar-refractivity contribution >= 4 is 39.8 Å². The largest absolute Gasteiger partial charge is 0.372 e. The third kappa shape index (κ3) is 6.24. The Bertz CT molecular complexity index is 1730. The Kier molecular flexibility index (Phi) is 8.36. The van der Waals surface area contributed by atoms with Gasteiger partial charge in [-0.2, -0.15) is 0 Å². The maximum absolute atomic E-state index is 13.4. The molecule has 6 heteroatoms. The highest BCUT2D eigenvalue weighted by atomic mass is 16.1. The van der Waals surface area contributed by atoms with Crippen LogP contribution >= 0.6 is 0 Å². The molecule has 0 aliphatic heterocycles. The van der Waals surface area contributed by atoms with Crippen LogP contribution in [0.1, 0.15) is 60.5 Å². The van der Waals surface area contributed by atoms with E-state index in [2.05, 4.69) is 60.7 Å². The van der Waals surface area contributed by atoms with E-state index in [4.69, 9.17) is 9.97 Å². The van der Waals surface area contributed by atoms with Gasteiger partial charge in [0.05, 0.1) is 11.2 Å². The first-order valence-electron chi connectivity index (χ1n) is 15.4. The highest BCUT2D eigenvalue weighted by Crippen LogP contribution is 2.32. The molecule has 1 aliphatic rings. The molecule has 1 aliphatic carbocycles. The van der Waals surface area contributed by atoms with Crippen molar-refractivity contribution in [2.75, 3.05) is 22.6 Å². The van der Waals surface area contributed by atoms with Crippen molar-refractivity contribution < 1.29 is 4.79 Å². The summed E-state index contributed by atoms with van der Waals surface area (Å²) >= 11 is 0. The van der Waals surface area contributed by atoms with E-state index in [-0.39, 0.29) is 5.91 Å². The molecule has 0 bridgehead atoms. The van der Waals surface area contributed by atoms with Crippen molar-refractivity contribution in [2.45, 2.75) is 58.4 Å². The van der Waals surface area contributed by atoms with E-state index in [0.717, 1.165) is 45.5 Å². The minimum Gasteiger partial charge on any atom is -0.372 e. The van der Waals surface area contributed by atoms with E-state index in [9.17, 15) is 4.79 Å². The number of carbonyl (C=O) groups is 1. The highest BCUT2D eigenvalue weighted by Gasteiger charge is 2.20. The van der Waals surface area contributed by atoms with Gasteiger partial charge in [0.2, 0.25) is 5.95 Å². The van der Waals surface area contributed by atoms with Crippen LogP contribution in [0.5, 0.6) is 0 Å². The first kappa shape index (κ1) is 28.4. The minimum absolute atomic E-state index is 0.123. The number of hydrogen-bond donors (Lipinski definition) is 2. The normalized spacial score (nSPS) is 13.6. The van der Waals surface area contributed by atoms with Crippen molar-refractivity contribution in [3.05, 3.63) is 108 Å². The number of hydrogen-bond acceptors (Lipinski definition) is 5. The van der Waals surface area contributed by atoms with Gasteiger partial charge < -0.3 is 15.5 Å². The van der Waals surface area contributed by atoms with Crippen molar-refractivity contribution in [1.82, 2.24) is 9.97 Å². The van der Waals surface area contributed by atoms with Crippen molar-refractivity contribution in [3.63, 3.8) is 0 Å². The lowest BCUT2D eigenvalue weighted by molar-refractivity contribution is 0.102. The van der Waals surface area contributed by atoms with Crippen LogP contribution in [0.4, 0.5) is 23.0 Å². The first-order valence-corrected chi connectivity index (χ1v) is 15.4. The molecule has 0 saturated heterocycles. The first-order chi connectivity index (χ1) is 21.0. The summed E-state index contributed by atoms with van der Waals surface area (Å²) in [4.78, 5) is 25.4. The fourth-order valence-corrected chi connectivity index (χ4v) is 6.11.